The van der Waals surface area contributed by atoms with Gasteiger partial charge >= 0.3 is 10.4 Å². The number of ketones is 1. The number of allylic oxidation sites excluding steroid dienone is 2. The van der Waals surface area contributed by atoms with Crippen LogP contribution in [0.1, 0.15) is 65.7 Å². The third-order valence-electron chi connectivity index (χ3n) is 8.75. The van der Waals surface area contributed by atoms with Crippen LogP contribution in [-0.2, 0) is 19.4 Å². The Hall–Kier alpha value is -0.760. The van der Waals surface area contributed by atoms with E-state index < -0.39 is 22.6 Å². The molecule has 8 unspecified atom stereocenters. The summed E-state index contributed by atoms with van der Waals surface area (Å²) < 4.78 is 36.1. The number of hydrogen-bond acceptors (Lipinski definition) is 5. The first-order chi connectivity index (χ1) is 13.0. The minimum atomic E-state index is -4.48. The van der Waals surface area contributed by atoms with Crippen molar-refractivity contribution >= 4 is 16.2 Å². The molecule has 0 aliphatic heterocycles. The predicted molar refractivity (Wildman–Crippen MR) is 104 cm³/mol. The van der Waals surface area contributed by atoms with Crippen molar-refractivity contribution in [1.29, 1.82) is 0 Å². The molecule has 4 aliphatic carbocycles. The summed E-state index contributed by atoms with van der Waals surface area (Å²) in [6.07, 6.45) is 6.47. The van der Waals surface area contributed by atoms with E-state index in [-0.39, 0.29) is 28.4 Å². The van der Waals surface area contributed by atoms with Crippen molar-refractivity contribution in [3.05, 3.63) is 11.6 Å². The highest BCUT2D eigenvalue weighted by Crippen LogP contribution is 2.65. The van der Waals surface area contributed by atoms with E-state index in [2.05, 4.69) is 19.9 Å². The first-order valence-corrected chi connectivity index (χ1v) is 11.9. The highest BCUT2D eigenvalue weighted by molar-refractivity contribution is 7.80. The minimum absolute atomic E-state index is 0.0196. The SMILES string of the molecule is CC(=O)C1CCC2C3CC(O)C4CC(OS(=O)(=O)O)CCC4(C)C3=CCC12C. The molecule has 0 radical (unpaired) electrons. The number of carbonyl (C=O) groups excluding carboxylic acids is 1. The standard InChI is InChI=1S/C21H32O6S/c1-12(22)15-4-5-16-14-11-19(23)18-10-13(27-28(24,25)26)6-8-21(18,3)17(14)7-9-20(15,16)2/h7,13-16,18-19,23H,4-6,8-11H2,1-3H3,(H,24,25,26). The largest absolute Gasteiger partial charge is 0.397 e. The average molecular weight is 413 g/mol. The summed E-state index contributed by atoms with van der Waals surface area (Å²) in [5, 5.41) is 11.0. The van der Waals surface area contributed by atoms with Gasteiger partial charge in [-0.1, -0.05) is 25.5 Å². The maximum absolute atomic E-state index is 12.2. The van der Waals surface area contributed by atoms with Crippen LogP contribution in [0.4, 0.5) is 0 Å². The van der Waals surface area contributed by atoms with Crippen LogP contribution in [0.15, 0.2) is 11.6 Å². The van der Waals surface area contributed by atoms with Crippen molar-refractivity contribution in [3.63, 3.8) is 0 Å². The van der Waals surface area contributed by atoms with Crippen LogP contribution in [0.3, 0.4) is 0 Å². The molecule has 8 atom stereocenters. The Balaban J connectivity index is 1.63. The van der Waals surface area contributed by atoms with Gasteiger partial charge < -0.3 is 5.11 Å². The van der Waals surface area contributed by atoms with E-state index in [0.717, 1.165) is 25.7 Å². The van der Waals surface area contributed by atoms with E-state index in [4.69, 9.17) is 8.74 Å². The summed E-state index contributed by atoms with van der Waals surface area (Å²) >= 11 is 0. The third kappa shape index (κ3) is 3.09. The maximum atomic E-state index is 12.2. The van der Waals surface area contributed by atoms with Crippen LogP contribution in [0, 0.1) is 34.5 Å². The number of Topliss-reactive ketones (excluding diaryl/α,β-unsaturated/α-hetero) is 1. The van der Waals surface area contributed by atoms with Crippen LogP contribution < -0.4 is 0 Å². The van der Waals surface area contributed by atoms with Gasteiger partial charge in [0, 0.05) is 5.92 Å². The number of aliphatic hydroxyl groups is 1. The van der Waals surface area contributed by atoms with Gasteiger partial charge in [-0.15, -0.1) is 0 Å². The predicted octanol–water partition coefficient (Wildman–Crippen LogP) is 3.31. The van der Waals surface area contributed by atoms with Gasteiger partial charge in [0.1, 0.15) is 5.78 Å². The zero-order valence-electron chi connectivity index (χ0n) is 16.9. The van der Waals surface area contributed by atoms with E-state index >= 15 is 0 Å². The topological polar surface area (TPSA) is 101 Å². The molecule has 2 N–H and O–H groups in total. The molecule has 28 heavy (non-hydrogen) atoms. The summed E-state index contributed by atoms with van der Waals surface area (Å²) in [5.41, 5.74) is 1.20. The summed E-state index contributed by atoms with van der Waals surface area (Å²) in [7, 11) is -4.48. The molecule has 0 aromatic heterocycles. The summed E-state index contributed by atoms with van der Waals surface area (Å²) in [4.78, 5) is 12.2. The molecule has 4 rings (SSSR count). The first-order valence-electron chi connectivity index (χ1n) is 10.5. The molecule has 6 nitrogen and oxygen atoms in total. The lowest BCUT2D eigenvalue weighted by molar-refractivity contribution is -0.125. The Morgan fingerprint density at radius 3 is 2.54 bits per heavy atom. The highest BCUT2D eigenvalue weighted by atomic mass is 32.3. The van der Waals surface area contributed by atoms with Crippen LogP contribution in [0.2, 0.25) is 0 Å². The fourth-order valence-electron chi connectivity index (χ4n) is 7.46. The second-order valence-electron chi connectivity index (χ2n) is 10.1. The van der Waals surface area contributed by atoms with Gasteiger partial charge in [0.2, 0.25) is 0 Å². The number of aliphatic hydroxyl groups excluding tert-OH is 1. The number of rotatable bonds is 3. The van der Waals surface area contributed by atoms with E-state index in [1.807, 2.05) is 0 Å². The van der Waals surface area contributed by atoms with E-state index in [9.17, 15) is 18.3 Å². The lowest BCUT2D eigenvalue weighted by atomic mass is 9.48. The van der Waals surface area contributed by atoms with Crippen LogP contribution in [-0.4, -0.2) is 36.1 Å². The zero-order chi connectivity index (χ0) is 20.5. The molecular weight excluding hydrogens is 380 g/mol. The lowest BCUT2D eigenvalue weighted by Crippen LogP contribution is -2.54. The molecule has 3 fully saturated rings. The highest BCUT2D eigenvalue weighted by Gasteiger charge is 2.60. The monoisotopic (exact) mass is 412 g/mol. The molecule has 4 aliphatic rings. The Morgan fingerprint density at radius 1 is 1.18 bits per heavy atom. The Bertz CT molecular complexity index is 804. The van der Waals surface area contributed by atoms with Crippen molar-refractivity contribution in [2.45, 2.75) is 77.9 Å². The molecule has 7 heteroatoms. The van der Waals surface area contributed by atoms with Gasteiger partial charge in [0.05, 0.1) is 12.2 Å². The molecule has 158 valence electrons. The normalized spacial score (nSPS) is 48.2. The molecule has 0 heterocycles. The Morgan fingerprint density at radius 2 is 1.89 bits per heavy atom. The van der Waals surface area contributed by atoms with Crippen LogP contribution in [0.5, 0.6) is 0 Å². The van der Waals surface area contributed by atoms with Gasteiger partial charge in [0.25, 0.3) is 0 Å². The number of fused-ring (bicyclic) bond motifs is 5. The first kappa shape index (κ1) is 20.5. The van der Waals surface area contributed by atoms with Crippen LogP contribution >= 0.6 is 0 Å². The molecule has 0 amide bonds. The van der Waals surface area contributed by atoms with Crippen LogP contribution in [0.25, 0.3) is 0 Å². The lowest BCUT2D eigenvalue weighted by Gasteiger charge is -2.58. The third-order valence-corrected chi connectivity index (χ3v) is 9.26. The molecule has 0 aromatic carbocycles. The molecule has 0 aromatic rings. The quantitative estimate of drug-likeness (QED) is 0.545. The summed E-state index contributed by atoms with van der Waals surface area (Å²) in [6, 6.07) is 0. The summed E-state index contributed by atoms with van der Waals surface area (Å²) in [5.74, 6) is 1.02. The van der Waals surface area contributed by atoms with Crippen molar-refractivity contribution in [1.82, 2.24) is 0 Å². The second-order valence-corrected chi connectivity index (χ2v) is 11.1. The molecule has 0 saturated heterocycles. The number of carbonyl (C=O) groups is 1. The van der Waals surface area contributed by atoms with Gasteiger partial charge in [-0.25, -0.2) is 4.18 Å². The smallest absolute Gasteiger partial charge is 0.393 e. The van der Waals surface area contributed by atoms with Gasteiger partial charge in [-0.3, -0.25) is 9.35 Å². The molecule has 3 saturated carbocycles. The zero-order valence-corrected chi connectivity index (χ0v) is 17.7. The Labute approximate surface area is 167 Å². The minimum Gasteiger partial charge on any atom is -0.393 e. The Kier molecular flexibility index (Phi) is 4.85. The van der Waals surface area contributed by atoms with E-state index in [1.54, 1.807) is 6.92 Å². The van der Waals surface area contributed by atoms with E-state index in [1.165, 1.54) is 5.57 Å². The molecule has 0 bridgehead atoms. The number of hydrogen-bond donors (Lipinski definition) is 2. The molecular formula is C21H32O6S. The van der Waals surface area contributed by atoms with Crippen molar-refractivity contribution in [2.24, 2.45) is 34.5 Å². The fraction of sp³-hybridized carbons (Fsp3) is 0.857. The van der Waals surface area contributed by atoms with E-state index in [0.29, 0.717) is 31.1 Å². The van der Waals surface area contributed by atoms with Crippen molar-refractivity contribution in [2.75, 3.05) is 0 Å². The average Bonchev–Trinajstić information content (AvgIpc) is 2.92. The van der Waals surface area contributed by atoms with Gasteiger partial charge in [-0.2, -0.15) is 8.42 Å². The second kappa shape index (κ2) is 6.62. The van der Waals surface area contributed by atoms with Gasteiger partial charge in [-0.05, 0) is 80.5 Å². The van der Waals surface area contributed by atoms with Crippen molar-refractivity contribution in [3.8, 4) is 0 Å². The molecule has 0 spiro atoms. The maximum Gasteiger partial charge on any atom is 0.397 e. The fourth-order valence-corrected chi connectivity index (χ4v) is 7.98. The van der Waals surface area contributed by atoms with Gasteiger partial charge in [0.15, 0.2) is 0 Å². The summed E-state index contributed by atoms with van der Waals surface area (Å²) in [6.45, 7) is 6.16. The van der Waals surface area contributed by atoms with Crippen molar-refractivity contribution < 1.29 is 27.1 Å².